The number of halogens is 1. The van der Waals surface area contributed by atoms with Crippen molar-refractivity contribution in [1.82, 2.24) is 4.90 Å². The Kier molecular flexibility index (Phi) is 8.79. The Morgan fingerprint density at radius 3 is 2.39 bits per heavy atom. The van der Waals surface area contributed by atoms with Gasteiger partial charge in [0.25, 0.3) is 0 Å². The first-order chi connectivity index (χ1) is 13.3. The van der Waals surface area contributed by atoms with Crippen molar-refractivity contribution in [2.24, 2.45) is 11.7 Å². The molecule has 1 atom stereocenters. The van der Waals surface area contributed by atoms with Gasteiger partial charge < -0.3 is 15.5 Å². The molecule has 1 heterocycles. The van der Waals surface area contributed by atoms with Crippen molar-refractivity contribution >= 4 is 40.1 Å². The van der Waals surface area contributed by atoms with Gasteiger partial charge in [-0.25, -0.2) is 0 Å². The van der Waals surface area contributed by atoms with E-state index >= 15 is 0 Å². The zero-order chi connectivity index (χ0) is 20.7. The summed E-state index contributed by atoms with van der Waals surface area (Å²) in [6.07, 6.45) is 6.15. The van der Waals surface area contributed by atoms with Crippen molar-refractivity contribution in [3.63, 3.8) is 0 Å². The Balaban J connectivity index is 1.97. The second-order valence-electron chi connectivity index (χ2n) is 7.71. The SMILES string of the molecule is CC(C)=CCN(c1ccc(I)cc1)C1CCN(C(=O)[CH]CC(C)C(N)=O)CC1. The number of hydrogen-bond acceptors (Lipinski definition) is 3. The Morgan fingerprint density at radius 2 is 1.86 bits per heavy atom. The number of benzene rings is 1. The van der Waals surface area contributed by atoms with Crippen molar-refractivity contribution in [1.29, 1.82) is 0 Å². The highest BCUT2D eigenvalue weighted by Crippen LogP contribution is 2.25. The maximum absolute atomic E-state index is 12.4. The molecule has 2 N–H and O–H groups in total. The average molecular weight is 496 g/mol. The molecule has 153 valence electrons. The summed E-state index contributed by atoms with van der Waals surface area (Å²) < 4.78 is 1.23. The van der Waals surface area contributed by atoms with Crippen molar-refractivity contribution in [3.8, 4) is 0 Å². The lowest BCUT2D eigenvalue weighted by Gasteiger charge is -2.39. The van der Waals surface area contributed by atoms with E-state index in [0.717, 1.165) is 32.5 Å². The first kappa shape index (κ1) is 22.7. The van der Waals surface area contributed by atoms with Crippen LogP contribution in [0.4, 0.5) is 5.69 Å². The Morgan fingerprint density at radius 1 is 1.25 bits per heavy atom. The first-order valence-electron chi connectivity index (χ1n) is 9.85. The minimum atomic E-state index is -0.366. The van der Waals surface area contributed by atoms with Crippen LogP contribution in [0.3, 0.4) is 0 Å². The first-order valence-corrected chi connectivity index (χ1v) is 10.9. The summed E-state index contributed by atoms with van der Waals surface area (Å²) in [7, 11) is 0. The topological polar surface area (TPSA) is 66.6 Å². The highest BCUT2D eigenvalue weighted by atomic mass is 127. The predicted molar refractivity (Wildman–Crippen MR) is 123 cm³/mol. The number of amides is 2. The predicted octanol–water partition coefficient (Wildman–Crippen LogP) is 3.77. The van der Waals surface area contributed by atoms with Gasteiger partial charge in [-0.1, -0.05) is 18.6 Å². The third-order valence-electron chi connectivity index (χ3n) is 5.20. The van der Waals surface area contributed by atoms with Crippen molar-refractivity contribution < 1.29 is 9.59 Å². The number of carbonyl (C=O) groups is 2. The third-order valence-corrected chi connectivity index (χ3v) is 5.92. The molecule has 2 amide bonds. The van der Waals surface area contributed by atoms with Gasteiger partial charge in [-0.15, -0.1) is 0 Å². The average Bonchev–Trinajstić information content (AvgIpc) is 2.67. The Labute approximate surface area is 182 Å². The third kappa shape index (κ3) is 6.79. The van der Waals surface area contributed by atoms with E-state index in [0.29, 0.717) is 12.5 Å². The van der Waals surface area contributed by atoms with Gasteiger partial charge in [0.1, 0.15) is 0 Å². The molecule has 0 aromatic heterocycles. The van der Waals surface area contributed by atoms with Crippen LogP contribution in [0, 0.1) is 15.9 Å². The summed E-state index contributed by atoms with van der Waals surface area (Å²) in [5.41, 5.74) is 7.81. The molecule has 0 saturated carbocycles. The minimum Gasteiger partial charge on any atom is -0.369 e. The maximum Gasteiger partial charge on any atom is 0.226 e. The van der Waals surface area contributed by atoms with Gasteiger partial charge in [0, 0.05) is 40.9 Å². The highest BCUT2D eigenvalue weighted by Gasteiger charge is 2.27. The van der Waals surface area contributed by atoms with E-state index in [-0.39, 0.29) is 17.7 Å². The molecule has 0 bridgehead atoms. The normalized spacial score (nSPS) is 15.8. The zero-order valence-corrected chi connectivity index (χ0v) is 19.2. The number of allylic oxidation sites excluding steroid dienone is 1. The monoisotopic (exact) mass is 496 g/mol. The standard InChI is InChI=1S/C22H31IN3O2/c1-16(2)10-15-26(19-7-5-18(23)6-8-19)20-11-13-25(14-12-20)21(27)9-4-17(3)22(24)28/h5-10,17,20H,4,11-15H2,1-3H3,(H2,24,28). The van der Waals surface area contributed by atoms with Crippen LogP contribution in [-0.2, 0) is 9.59 Å². The molecular weight excluding hydrogens is 465 g/mol. The van der Waals surface area contributed by atoms with E-state index in [1.54, 1.807) is 13.3 Å². The quantitative estimate of drug-likeness (QED) is 0.440. The number of primary amides is 1. The van der Waals surface area contributed by atoms with Crippen molar-refractivity contribution in [3.05, 3.63) is 45.9 Å². The number of nitrogens with zero attached hydrogens (tertiary/aromatic N) is 2. The lowest BCUT2D eigenvalue weighted by atomic mass is 10.00. The van der Waals surface area contributed by atoms with E-state index in [9.17, 15) is 9.59 Å². The van der Waals surface area contributed by atoms with E-state index in [4.69, 9.17) is 5.73 Å². The molecule has 1 aliphatic rings. The van der Waals surface area contributed by atoms with Crippen LogP contribution in [0.15, 0.2) is 35.9 Å². The molecule has 2 rings (SSSR count). The second kappa shape index (κ2) is 10.8. The van der Waals surface area contributed by atoms with E-state index in [1.807, 2.05) is 4.90 Å². The fourth-order valence-electron chi connectivity index (χ4n) is 3.30. The number of carbonyl (C=O) groups excluding carboxylic acids is 2. The number of piperidine rings is 1. The van der Waals surface area contributed by atoms with Gasteiger partial charge in [0.05, 0.1) is 6.42 Å². The summed E-state index contributed by atoms with van der Waals surface area (Å²) in [4.78, 5) is 27.9. The van der Waals surface area contributed by atoms with Crippen molar-refractivity contribution in [2.75, 3.05) is 24.5 Å². The van der Waals surface area contributed by atoms with Crippen LogP contribution in [0.25, 0.3) is 0 Å². The summed E-state index contributed by atoms with van der Waals surface area (Å²) in [6, 6.07) is 9.04. The van der Waals surface area contributed by atoms with Gasteiger partial charge >= 0.3 is 0 Å². The molecular formula is C22H31IN3O2. The van der Waals surface area contributed by atoms with Crippen LogP contribution in [0.1, 0.15) is 40.0 Å². The van der Waals surface area contributed by atoms with Crippen LogP contribution >= 0.6 is 22.6 Å². The number of hydrogen-bond donors (Lipinski definition) is 1. The molecule has 6 heteroatoms. The maximum atomic E-state index is 12.4. The molecule has 1 aromatic rings. The molecule has 28 heavy (non-hydrogen) atoms. The number of rotatable bonds is 8. The molecule has 1 aromatic carbocycles. The smallest absolute Gasteiger partial charge is 0.226 e. The molecule has 1 aliphatic heterocycles. The van der Waals surface area contributed by atoms with Crippen molar-refractivity contribution in [2.45, 2.75) is 46.1 Å². The van der Waals surface area contributed by atoms with Crippen LogP contribution in [-0.4, -0.2) is 42.4 Å². The number of nitrogens with two attached hydrogens (primary N) is 1. The molecule has 1 fully saturated rings. The number of likely N-dealkylation sites (tertiary alicyclic amines) is 1. The molecule has 0 aliphatic carbocycles. The fraction of sp³-hybridized carbons (Fsp3) is 0.500. The Hall–Kier alpha value is -1.57. The van der Waals surface area contributed by atoms with Gasteiger partial charge in [-0.2, -0.15) is 0 Å². The van der Waals surface area contributed by atoms with Gasteiger partial charge in [0.15, 0.2) is 0 Å². The summed E-state index contributed by atoms with van der Waals surface area (Å²) in [5.74, 6) is -0.659. The second-order valence-corrected chi connectivity index (χ2v) is 8.96. The van der Waals surface area contributed by atoms with Gasteiger partial charge in [-0.3, -0.25) is 9.59 Å². The molecule has 5 nitrogen and oxygen atoms in total. The molecule has 0 spiro atoms. The lowest BCUT2D eigenvalue weighted by Crippen LogP contribution is -2.47. The Bertz CT molecular complexity index is 690. The molecule has 1 radical (unpaired) electrons. The number of anilines is 1. The fourth-order valence-corrected chi connectivity index (χ4v) is 3.66. The lowest BCUT2D eigenvalue weighted by molar-refractivity contribution is -0.129. The van der Waals surface area contributed by atoms with Gasteiger partial charge in [0.2, 0.25) is 11.8 Å². The van der Waals surface area contributed by atoms with Gasteiger partial charge in [-0.05, 0) is 80.0 Å². The summed E-state index contributed by atoms with van der Waals surface area (Å²) >= 11 is 2.33. The van der Waals surface area contributed by atoms with Crippen LogP contribution in [0.2, 0.25) is 0 Å². The van der Waals surface area contributed by atoms with Crippen LogP contribution < -0.4 is 10.6 Å². The van der Waals surface area contributed by atoms with E-state index in [1.165, 1.54) is 14.8 Å². The zero-order valence-electron chi connectivity index (χ0n) is 17.0. The van der Waals surface area contributed by atoms with Crippen LogP contribution in [0.5, 0.6) is 0 Å². The highest BCUT2D eigenvalue weighted by molar-refractivity contribution is 14.1. The largest absolute Gasteiger partial charge is 0.369 e. The minimum absolute atomic E-state index is 0.0108. The van der Waals surface area contributed by atoms with E-state index in [2.05, 4.69) is 71.7 Å². The molecule has 1 unspecified atom stereocenters. The van der Waals surface area contributed by atoms with E-state index < -0.39 is 0 Å². The molecule has 1 saturated heterocycles. The summed E-state index contributed by atoms with van der Waals surface area (Å²) in [5, 5.41) is 0. The summed E-state index contributed by atoms with van der Waals surface area (Å²) in [6.45, 7) is 8.35.